The van der Waals surface area contributed by atoms with E-state index in [9.17, 15) is 14.9 Å². The van der Waals surface area contributed by atoms with Crippen molar-refractivity contribution in [1.29, 1.82) is 0 Å². The first-order valence-corrected chi connectivity index (χ1v) is 11.7. The topological polar surface area (TPSA) is 82.3 Å². The fourth-order valence-corrected chi connectivity index (χ4v) is 7.66. The number of allylic oxidation sites excluding steroid dienone is 1. The normalized spacial score (nSPS) is 38.3. The number of pyridine rings is 1. The van der Waals surface area contributed by atoms with Crippen LogP contribution in [-0.2, 0) is 21.4 Å². The van der Waals surface area contributed by atoms with E-state index in [1.807, 2.05) is 0 Å². The standard InChI is InChI=1S/C25H32N2O4/c1-14-22(27(29)30)12-16-11-21-19-6-5-17-13-18(31-15(2)28)7-9-24(17,3)20(19)8-10-25(21,4)23(16)26-14/h5,12,18-21H,6-11,13H2,1-4H3/t18-,19+,20-,21-,24-,25-/m0/s1. The largest absolute Gasteiger partial charge is 0.462 e. The molecule has 4 aliphatic carbocycles. The summed E-state index contributed by atoms with van der Waals surface area (Å²) in [4.78, 5) is 27.4. The van der Waals surface area contributed by atoms with Crippen LogP contribution in [0.2, 0.25) is 0 Å². The Bertz CT molecular complexity index is 1000. The molecule has 0 bridgehead atoms. The minimum atomic E-state index is -0.298. The summed E-state index contributed by atoms with van der Waals surface area (Å²) in [5.41, 5.74) is 4.54. The van der Waals surface area contributed by atoms with Crippen LogP contribution in [0.5, 0.6) is 0 Å². The zero-order valence-electron chi connectivity index (χ0n) is 18.9. The van der Waals surface area contributed by atoms with Gasteiger partial charge >= 0.3 is 5.97 Å². The van der Waals surface area contributed by atoms with E-state index in [0.717, 1.165) is 49.8 Å². The number of fused-ring (bicyclic) bond motifs is 7. The van der Waals surface area contributed by atoms with Gasteiger partial charge in [0.2, 0.25) is 0 Å². The lowest BCUT2D eigenvalue weighted by Gasteiger charge is -2.57. The highest BCUT2D eigenvalue weighted by molar-refractivity contribution is 5.66. The Morgan fingerprint density at radius 3 is 2.65 bits per heavy atom. The molecule has 6 nitrogen and oxygen atoms in total. The highest BCUT2D eigenvalue weighted by atomic mass is 16.6. The molecule has 0 aliphatic heterocycles. The number of hydrogen-bond donors (Lipinski definition) is 0. The molecule has 0 radical (unpaired) electrons. The van der Waals surface area contributed by atoms with Gasteiger partial charge in [-0.05, 0) is 74.2 Å². The summed E-state index contributed by atoms with van der Waals surface area (Å²) >= 11 is 0. The average molecular weight is 425 g/mol. The predicted octanol–water partition coefficient (Wildman–Crippen LogP) is 5.21. The van der Waals surface area contributed by atoms with Gasteiger partial charge in [-0.25, -0.2) is 0 Å². The van der Waals surface area contributed by atoms with Crippen molar-refractivity contribution in [2.45, 2.75) is 84.2 Å². The Hall–Kier alpha value is -2.24. The van der Waals surface area contributed by atoms with E-state index in [-0.39, 0.29) is 33.5 Å². The fourth-order valence-electron chi connectivity index (χ4n) is 7.66. The van der Waals surface area contributed by atoms with Gasteiger partial charge in [0, 0.05) is 24.8 Å². The van der Waals surface area contributed by atoms with Crippen molar-refractivity contribution < 1.29 is 14.5 Å². The zero-order valence-corrected chi connectivity index (χ0v) is 18.9. The summed E-state index contributed by atoms with van der Waals surface area (Å²) < 4.78 is 5.55. The summed E-state index contributed by atoms with van der Waals surface area (Å²) in [7, 11) is 0. The molecular weight excluding hydrogens is 392 g/mol. The molecule has 166 valence electrons. The maximum atomic E-state index is 11.5. The number of hydrogen-bond acceptors (Lipinski definition) is 5. The zero-order chi connectivity index (χ0) is 22.1. The molecule has 6 atom stereocenters. The summed E-state index contributed by atoms with van der Waals surface area (Å²) in [6, 6.07) is 1.80. The Morgan fingerprint density at radius 1 is 1.19 bits per heavy atom. The van der Waals surface area contributed by atoms with E-state index in [4.69, 9.17) is 9.72 Å². The van der Waals surface area contributed by atoms with Gasteiger partial charge in [0.25, 0.3) is 5.69 Å². The lowest BCUT2D eigenvalue weighted by molar-refractivity contribution is -0.385. The van der Waals surface area contributed by atoms with Crippen molar-refractivity contribution in [2.24, 2.45) is 23.2 Å². The molecule has 31 heavy (non-hydrogen) atoms. The Morgan fingerprint density at radius 2 is 1.94 bits per heavy atom. The number of nitrogens with zero attached hydrogens (tertiary/aromatic N) is 2. The first kappa shape index (κ1) is 20.7. The molecule has 2 fully saturated rings. The minimum Gasteiger partial charge on any atom is -0.462 e. The highest BCUT2D eigenvalue weighted by Crippen LogP contribution is 2.64. The van der Waals surface area contributed by atoms with Crippen LogP contribution < -0.4 is 0 Å². The number of esters is 1. The lowest BCUT2D eigenvalue weighted by atomic mass is 9.48. The van der Waals surface area contributed by atoms with Gasteiger partial charge < -0.3 is 4.74 Å². The number of carbonyl (C=O) groups excluding carboxylic acids is 1. The van der Waals surface area contributed by atoms with Crippen LogP contribution in [0.1, 0.15) is 76.2 Å². The van der Waals surface area contributed by atoms with E-state index < -0.39 is 0 Å². The van der Waals surface area contributed by atoms with Crippen molar-refractivity contribution in [3.05, 3.63) is 44.8 Å². The van der Waals surface area contributed by atoms with Gasteiger partial charge in [0.1, 0.15) is 11.8 Å². The predicted molar refractivity (Wildman–Crippen MR) is 117 cm³/mol. The van der Waals surface area contributed by atoms with Crippen LogP contribution in [0.3, 0.4) is 0 Å². The van der Waals surface area contributed by atoms with Gasteiger partial charge in [-0.1, -0.05) is 25.5 Å². The van der Waals surface area contributed by atoms with Gasteiger partial charge in [0.05, 0.1) is 10.6 Å². The van der Waals surface area contributed by atoms with Crippen molar-refractivity contribution in [3.8, 4) is 0 Å². The number of aryl methyl sites for hydroxylation is 1. The molecule has 0 aromatic carbocycles. The van der Waals surface area contributed by atoms with Crippen molar-refractivity contribution in [2.75, 3.05) is 0 Å². The summed E-state index contributed by atoms with van der Waals surface area (Å²) in [6.07, 6.45) is 9.54. The van der Waals surface area contributed by atoms with Gasteiger partial charge in [0.15, 0.2) is 0 Å². The molecule has 5 rings (SSSR count). The van der Waals surface area contributed by atoms with E-state index in [0.29, 0.717) is 23.4 Å². The molecule has 2 saturated carbocycles. The van der Waals surface area contributed by atoms with E-state index in [1.54, 1.807) is 13.0 Å². The number of carbonyl (C=O) groups is 1. The maximum absolute atomic E-state index is 11.5. The first-order chi connectivity index (χ1) is 14.6. The summed E-state index contributed by atoms with van der Waals surface area (Å²) in [5, 5.41) is 11.5. The van der Waals surface area contributed by atoms with Gasteiger partial charge in [-0.15, -0.1) is 0 Å². The molecule has 6 heteroatoms. The number of aromatic nitrogens is 1. The van der Waals surface area contributed by atoms with Gasteiger partial charge in [-0.2, -0.15) is 0 Å². The second-order valence-corrected chi connectivity index (χ2v) is 10.8. The van der Waals surface area contributed by atoms with Crippen LogP contribution in [0, 0.1) is 40.2 Å². The maximum Gasteiger partial charge on any atom is 0.302 e. The van der Waals surface area contributed by atoms with Crippen molar-refractivity contribution >= 4 is 11.7 Å². The third kappa shape index (κ3) is 2.97. The molecule has 1 heterocycles. The van der Waals surface area contributed by atoms with E-state index >= 15 is 0 Å². The molecule has 1 aromatic rings. The SMILES string of the molecule is CC(=O)O[C@H]1CC[C@@]2(C)C(=CC[C@@H]3[C@@H]2CC[C@]2(C)c4nc(C)c([N+](=O)[O-])cc4C[C@@H]32)C1. The Balaban J connectivity index is 1.46. The molecular formula is C25H32N2O4. The highest BCUT2D eigenvalue weighted by Gasteiger charge is 2.58. The number of rotatable bonds is 2. The lowest BCUT2D eigenvalue weighted by Crippen LogP contribution is -2.51. The van der Waals surface area contributed by atoms with Crippen LogP contribution in [0.25, 0.3) is 0 Å². The Labute approximate surface area is 183 Å². The molecule has 0 saturated heterocycles. The van der Waals surface area contributed by atoms with Crippen molar-refractivity contribution in [3.63, 3.8) is 0 Å². The minimum absolute atomic E-state index is 0.00698. The second-order valence-electron chi connectivity index (χ2n) is 10.8. The van der Waals surface area contributed by atoms with Crippen LogP contribution in [-0.4, -0.2) is 22.0 Å². The third-order valence-corrected chi connectivity index (χ3v) is 9.22. The number of nitro groups is 1. The van der Waals surface area contributed by atoms with Crippen LogP contribution in [0.15, 0.2) is 17.7 Å². The quantitative estimate of drug-likeness (QED) is 0.282. The second kappa shape index (κ2) is 6.88. The first-order valence-electron chi connectivity index (χ1n) is 11.7. The third-order valence-electron chi connectivity index (χ3n) is 9.22. The van der Waals surface area contributed by atoms with Crippen LogP contribution in [0.4, 0.5) is 5.69 Å². The van der Waals surface area contributed by atoms with Gasteiger partial charge in [-0.3, -0.25) is 19.9 Å². The van der Waals surface area contributed by atoms with Crippen LogP contribution >= 0.6 is 0 Å². The van der Waals surface area contributed by atoms with Crippen molar-refractivity contribution in [1.82, 2.24) is 4.98 Å². The average Bonchev–Trinajstić information content (AvgIpc) is 2.99. The van der Waals surface area contributed by atoms with E-state index in [1.165, 1.54) is 18.9 Å². The molecule has 0 N–H and O–H groups in total. The molecule has 0 amide bonds. The molecule has 1 aromatic heterocycles. The fraction of sp³-hybridized carbons (Fsp3) is 0.680. The summed E-state index contributed by atoms with van der Waals surface area (Å²) in [6.45, 7) is 8.03. The number of ether oxygens (including phenoxy) is 1. The summed E-state index contributed by atoms with van der Waals surface area (Å²) in [5.74, 6) is 1.49. The smallest absolute Gasteiger partial charge is 0.302 e. The molecule has 0 spiro atoms. The monoisotopic (exact) mass is 424 g/mol. The molecule has 0 unspecified atom stereocenters. The Kier molecular flexibility index (Phi) is 4.58. The van der Waals surface area contributed by atoms with E-state index in [2.05, 4.69) is 19.9 Å². The molecule has 4 aliphatic rings.